The smallest absolute Gasteiger partial charge is 0.426 e. The van der Waals surface area contributed by atoms with Crippen molar-refractivity contribution in [3.05, 3.63) is 191 Å². The molecule has 420 valence electrons. The summed E-state index contributed by atoms with van der Waals surface area (Å²) in [6.07, 6.45) is -12.4. The average Bonchev–Trinajstić information content (AvgIpc) is 3.41. The molecule has 0 spiro atoms. The number of alkyl halides is 10. The Labute approximate surface area is 449 Å². The van der Waals surface area contributed by atoms with Gasteiger partial charge in [-0.05, 0) is 170 Å². The van der Waals surface area contributed by atoms with Crippen molar-refractivity contribution in [3.63, 3.8) is 0 Å². The Morgan fingerprint density at radius 3 is 1.08 bits per heavy atom. The van der Waals surface area contributed by atoms with Crippen LogP contribution in [-0.2, 0) is 44.1 Å². The van der Waals surface area contributed by atoms with Gasteiger partial charge in [-0.25, -0.2) is 9.59 Å². The maximum atomic E-state index is 15.1. The number of nitrogen functional groups attached to an aromatic ring is 2. The van der Waals surface area contributed by atoms with Crippen molar-refractivity contribution in [2.75, 3.05) is 37.9 Å². The number of carbonyl (C=O) groups is 2. The van der Waals surface area contributed by atoms with Crippen LogP contribution in [0.25, 0.3) is 12.2 Å². The number of esters is 2. The van der Waals surface area contributed by atoms with E-state index in [1.807, 2.05) is 0 Å². The fourth-order valence-corrected chi connectivity index (χ4v) is 7.75. The number of hydrogen-bond donors (Lipinski definition) is 2. The quantitative estimate of drug-likeness (QED) is 0.0160. The Morgan fingerprint density at radius 1 is 0.418 bits per heavy atom. The lowest BCUT2D eigenvalue weighted by Gasteiger charge is -2.33. The minimum atomic E-state index is -4.27. The molecule has 0 aliphatic heterocycles. The van der Waals surface area contributed by atoms with E-state index in [0.29, 0.717) is 22.5 Å². The summed E-state index contributed by atoms with van der Waals surface area (Å²) in [7, 11) is 0. The second-order valence-electron chi connectivity index (χ2n) is 18.5. The van der Waals surface area contributed by atoms with E-state index in [2.05, 4.69) is 0 Å². The molecule has 0 amide bonds. The molecule has 0 fully saturated rings. The molecule has 0 unspecified atom stereocenters. The van der Waals surface area contributed by atoms with Crippen LogP contribution < -0.4 is 30.4 Å². The van der Waals surface area contributed by atoms with Crippen molar-refractivity contribution >= 4 is 35.5 Å². The van der Waals surface area contributed by atoms with Gasteiger partial charge < -0.3 is 39.9 Å². The summed E-state index contributed by atoms with van der Waals surface area (Å²) in [5, 5.41) is 0. The molecule has 0 aliphatic rings. The highest BCUT2D eigenvalue weighted by Gasteiger charge is 2.37. The minimum absolute atomic E-state index is 0.0168. The van der Waals surface area contributed by atoms with E-state index in [0.717, 1.165) is 47.5 Å². The van der Waals surface area contributed by atoms with Crippen LogP contribution in [0.1, 0.15) is 71.9 Å². The maximum absolute atomic E-state index is 15.1. The van der Waals surface area contributed by atoms with Gasteiger partial charge >= 0.3 is 36.5 Å². The maximum Gasteiger partial charge on any atom is 0.426 e. The summed E-state index contributed by atoms with van der Waals surface area (Å²) < 4.78 is 167. The van der Waals surface area contributed by atoms with Gasteiger partial charge in [-0.1, -0.05) is 48.5 Å². The van der Waals surface area contributed by atoms with Crippen molar-refractivity contribution < 1.29 is 81.9 Å². The number of benzene rings is 6. The Bertz CT molecular complexity index is 2710. The first kappa shape index (κ1) is 60.1. The highest BCUT2D eigenvalue weighted by molar-refractivity contribution is 5.87. The lowest BCUT2D eigenvalue weighted by molar-refractivity contribution is -0.186. The van der Waals surface area contributed by atoms with E-state index in [4.69, 9.17) is 39.9 Å². The normalized spacial score (nSPS) is 12.4. The van der Waals surface area contributed by atoms with Gasteiger partial charge in [-0.15, -0.1) is 0 Å². The largest absolute Gasteiger partial charge is 0.494 e. The summed E-state index contributed by atoms with van der Waals surface area (Å²) in [5.41, 5.74) is 13.3. The summed E-state index contributed by atoms with van der Waals surface area (Å²) in [4.78, 5) is 26.7. The fourth-order valence-electron chi connectivity index (χ4n) is 7.75. The molecule has 0 aromatic heterocycles. The summed E-state index contributed by atoms with van der Waals surface area (Å²) in [6.45, 7) is -0.567. The Balaban J connectivity index is 1.06. The number of carbonyl (C=O) groups excluding carboxylic acids is 2. The van der Waals surface area contributed by atoms with Gasteiger partial charge in [-0.2, -0.15) is 43.9 Å². The zero-order valence-corrected chi connectivity index (χ0v) is 42.4. The summed E-state index contributed by atoms with van der Waals surface area (Å²) in [6, 6.07) is 34.2. The first-order valence-electron chi connectivity index (χ1n) is 24.7. The molecule has 0 atom stereocenters. The Hall–Kier alpha value is -8.16. The van der Waals surface area contributed by atoms with Gasteiger partial charge in [0.25, 0.3) is 0 Å². The van der Waals surface area contributed by atoms with E-state index >= 15 is 17.6 Å². The minimum Gasteiger partial charge on any atom is -0.494 e. The van der Waals surface area contributed by atoms with Crippen LogP contribution in [0.4, 0.5) is 55.3 Å². The van der Waals surface area contributed by atoms with Crippen molar-refractivity contribution in [1.82, 2.24) is 0 Å². The highest BCUT2D eigenvalue weighted by atomic mass is 19.4. The topological polar surface area (TPSA) is 142 Å². The van der Waals surface area contributed by atoms with Crippen LogP contribution in [0.5, 0.6) is 23.0 Å². The molecule has 4 N–H and O–H groups in total. The molecular formula is C59H56F10N2O8. The number of unbranched alkanes of at least 4 members (excludes halogenated alkanes) is 2. The third-order valence-corrected chi connectivity index (χ3v) is 11.9. The van der Waals surface area contributed by atoms with Crippen LogP contribution >= 0.6 is 0 Å². The SMILES string of the molecule is Nc1ccc(CC(COC(=O)/C=C/c2ccc(OC(F)(F)c3ccc(OCCCCC(F)(F)F)cc3)cc2)(COC(=O)/C=C/c2ccc(OC(F)(F)c3ccc(OCCCCC(F)(F)F)cc3)cc2)Cc2ccc(N)cc2)cc1. The zero-order valence-electron chi connectivity index (χ0n) is 42.4. The van der Waals surface area contributed by atoms with Gasteiger partial charge in [0, 0.05) is 41.8 Å². The predicted molar refractivity (Wildman–Crippen MR) is 277 cm³/mol. The molecule has 6 aromatic carbocycles. The van der Waals surface area contributed by atoms with Gasteiger partial charge in [-0.3, -0.25) is 0 Å². The van der Waals surface area contributed by atoms with Gasteiger partial charge in [0.1, 0.15) is 36.2 Å². The predicted octanol–water partition coefficient (Wildman–Crippen LogP) is 14.6. The number of halogens is 10. The molecular weight excluding hydrogens is 1050 g/mol. The summed E-state index contributed by atoms with van der Waals surface area (Å²) >= 11 is 0. The van der Waals surface area contributed by atoms with Crippen molar-refractivity contribution in [3.8, 4) is 23.0 Å². The average molecular weight is 1110 g/mol. The van der Waals surface area contributed by atoms with Gasteiger partial charge in [0.15, 0.2) is 0 Å². The van der Waals surface area contributed by atoms with Gasteiger partial charge in [0.05, 0.1) is 24.3 Å². The van der Waals surface area contributed by atoms with E-state index in [-0.39, 0.29) is 88.0 Å². The standard InChI is InChI=1S/C59H56F10N2O8/c60-56(61,62)33-1-3-35-74-49-27-15-45(16-28-49)58(66,67)78-51-23-9-41(10-24-51)13-31-53(72)76-39-55(37-43-5-19-47(70)20-6-43,38-44-7-21-48(71)22-8-44)40-77-54(73)32-14-42-11-25-52(26-12-42)79-59(68,69)46-17-29-50(30-18-46)75-36-4-2-34-57(63,64)65/h5-32H,1-4,33-40,70-71H2/b31-13+,32-14+. The third kappa shape index (κ3) is 21.0. The number of rotatable bonds is 28. The molecule has 6 aromatic rings. The van der Waals surface area contributed by atoms with Crippen molar-refractivity contribution in [2.45, 2.75) is 75.9 Å². The third-order valence-electron chi connectivity index (χ3n) is 11.9. The first-order chi connectivity index (χ1) is 37.4. The van der Waals surface area contributed by atoms with E-state index in [1.165, 1.54) is 84.9 Å². The zero-order chi connectivity index (χ0) is 57.1. The van der Waals surface area contributed by atoms with E-state index < -0.39 is 65.9 Å². The molecule has 0 saturated carbocycles. The summed E-state index contributed by atoms with van der Waals surface area (Å²) in [5.74, 6) is -1.55. The number of hydrogen-bond acceptors (Lipinski definition) is 10. The van der Waals surface area contributed by atoms with E-state index in [9.17, 15) is 35.9 Å². The molecule has 0 radical (unpaired) electrons. The van der Waals surface area contributed by atoms with Crippen molar-refractivity contribution in [2.24, 2.45) is 5.41 Å². The van der Waals surface area contributed by atoms with Crippen LogP contribution in [0.3, 0.4) is 0 Å². The fraction of sp³-hybridized carbons (Fsp3) is 0.288. The number of ether oxygens (including phenoxy) is 6. The first-order valence-corrected chi connectivity index (χ1v) is 24.7. The molecule has 20 heteroatoms. The van der Waals surface area contributed by atoms with Crippen LogP contribution in [0.2, 0.25) is 0 Å². The highest BCUT2D eigenvalue weighted by Crippen LogP contribution is 2.36. The van der Waals surface area contributed by atoms with Gasteiger partial charge in [0.2, 0.25) is 0 Å². The molecule has 0 saturated heterocycles. The molecule has 0 bridgehead atoms. The molecule has 79 heavy (non-hydrogen) atoms. The monoisotopic (exact) mass is 1110 g/mol. The lowest BCUT2D eigenvalue weighted by atomic mass is 9.77. The van der Waals surface area contributed by atoms with Crippen LogP contribution in [-0.4, -0.2) is 50.7 Å². The van der Waals surface area contributed by atoms with Crippen LogP contribution in [0, 0.1) is 5.41 Å². The Kier molecular flexibility index (Phi) is 20.9. The van der Waals surface area contributed by atoms with Crippen molar-refractivity contribution in [1.29, 1.82) is 0 Å². The lowest BCUT2D eigenvalue weighted by Crippen LogP contribution is -2.38. The second kappa shape index (κ2) is 27.4. The molecule has 10 nitrogen and oxygen atoms in total. The second-order valence-corrected chi connectivity index (χ2v) is 18.5. The molecule has 0 aliphatic carbocycles. The molecule has 6 rings (SSSR count). The van der Waals surface area contributed by atoms with Crippen LogP contribution in [0.15, 0.2) is 158 Å². The number of nitrogens with two attached hydrogens (primary N) is 2. The Morgan fingerprint density at radius 2 is 0.747 bits per heavy atom. The van der Waals surface area contributed by atoms with E-state index in [1.54, 1.807) is 48.5 Å². The number of anilines is 2. The molecule has 0 heterocycles.